The average Bonchev–Trinajstić information content (AvgIpc) is 2.77. The number of unbranched alkanes of at least 4 members (excludes halogenated alkanes) is 7. The van der Waals surface area contributed by atoms with Gasteiger partial charge in [0.15, 0.2) is 0 Å². The first-order valence-corrected chi connectivity index (χ1v) is 11.6. The molecule has 0 N–H and O–H groups in total. The third kappa shape index (κ3) is 9.47. The van der Waals surface area contributed by atoms with Crippen molar-refractivity contribution in [2.24, 2.45) is 5.92 Å². The number of rotatable bonds is 13. The smallest absolute Gasteiger partial charge is 0.338 e. The van der Waals surface area contributed by atoms with Crippen LogP contribution in [0, 0.1) is 5.92 Å². The van der Waals surface area contributed by atoms with Crippen LogP contribution >= 0.6 is 0 Å². The molecule has 0 amide bonds. The molecule has 0 saturated heterocycles. The standard InChI is InChI=1S/C25H38O4/c1-2-3-4-5-6-7-8-12-19-28-24(26)22-15-17-23(18-16-22)25(27)29-20-21-13-10-9-11-14-21/h15-18,21H,2-14,19-20H2,1H3. The number of hydrogen-bond acceptors (Lipinski definition) is 4. The summed E-state index contributed by atoms with van der Waals surface area (Å²) in [5.41, 5.74) is 0.967. The minimum atomic E-state index is -0.324. The number of carbonyl (C=O) groups excluding carboxylic acids is 2. The van der Waals surface area contributed by atoms with Crippen molar-refractivity contribution in [3.63, 3.8) is 0 Å². The molecule has 0 spiro atoms. The second-order valence-electron chi connectivity index (χ2n) is 8.29. The molecule has 29 heavy (non-hydrogen) atoms. The average molecular weight is 403 g/mol. The number of esters is 2. The van der Waals surface area contributed by atoms with E-state index in [2.05, 4.69) is 6.92 Å². The maximum absolute atomic E-state index is 12.2. The van der Waals surface area contributed by atoms with Gasteiger partial charge in [-0.15, -0.1) is 0 Å². The van der Waals surface area contributed by atoms with Crippen LogP contribution in [-0.4, -0.2) is 25.2 Å². The molecule has 0 heterocycles. The topological polar surface area (TPSA) is 52.6 Å². The van der Waals surface area contributed by atoms with Crippen molar-refractivity contribution in [2.75, 3.05) is 13.2 Å². The number of carbonyl (C=O) groups is 2. The zero-order valence-corrected chi connectivity index (χ0v) is 18.1. The molecule has 0 radical (unpaired) electrons. The first-order valence-electron chi connectivity index (χ1n) is 11.6. The molecule has 4 heteroatoms. The van der Waals surface area contributed by atoms with Crippen molar-refractivity contribution in [3.05, 3.63) is 35.4 Å². The lowest BCUT2D eigenvalue weighted by Gasteiger charge is -2.21. The van der Waals surface area contributed by atoms with Gasteiger partial charge >= 0.3 is 11.9 Å². The molecule has 0 aliphatic heterocycles. The van der Waals surface area contributed by atoms with E-state index in [9.17, 15) is 9.59 Å². The van der Waals surface area contributed by atoms with E-state index in [-0.39, 0.29) is 11.9 Å². The summed E-state index contributed by atoms with van der Waals surface area (Å²) >= 11 is 0. The van der Waals surface area contributed by atoms with Gasteiger partial charge in [-0.2, -0.15) is 0 Å². The number of hydrogen-bond donors (Lipinski definition) is 0. The molecule has 1 aromatic rings. The summed E-state index contributed by atoms with van der Waals surface area (Å²) in [5, 5.41) is 0. The Morgan fingerprint density at radius 1 is 0.759 bits per heavy atom. The van der Waals surface area contributed by atoms with E-state index in [1.165, 1.54) is 57.8 Å². The molecule has 0 bridgehead atoms. The second-order valence-corrected chi connectivity index (χ2v) is 8.29. The van der Waals surface area contributed by atoms with Crippen LogP contribution in [0.25, 0.3) is 0 Å². The predicted octanol–water partition coefficient (Wildman–Crippen LogP) is 6.72. The zero-order chi connectivity index (χ0) is 20.7. The SMILES string of the molecule is CCCCCCCCCCOC(=O)c1ccc(C(=O)OCC2CCCCC2)cc1. The highest BCUT2D eigenvalue weighted by Crippen LogP contribution is 2.24. The predicted molar refractivity (Wildman–Crippen MR) is 116 cm³/mol. The number of ether oxygens (including phenoxy) is 2. The quantitative estimate of drug-likeness (QED) is 0.271. The van der Waals surface area contributed by atoms with E-state index < -0.39 is 0 Å². The van der Waals surface area contributed by atoms with Gasteiger partial charge in [0, 0.05) is 0 Å². The number of benzene rings is 1. The highest BCUT2D eigenvalue weighted by molar-refractivity contribution is 5.93. The van der Waals surface area contributed by atoms with Gasteiger partial charge in [0.25, 0.3) is 0 Å². The second kappa shape index (κ2) is 14.2. The van der Waals surface area contributed by atoms with E-state index in [1.807, 2.05) is 0 Å². The molecule has 2 rings (SSSR count). The van der Waals surface area contributed by atoms with E-state index in [4.69, 9.17) is 9.47 Å². The van der Waals surface area contributed by atoms with Gasteiger partial charge in [0.05, 0.1) is 24.3 Å². The normalized spacial score (nSPS) is 14.5. The molecule has 4 nitrogen and oxygen atoms in total. The van der Waals surface area contributed by atoms with Gasteiger partial charge in [0.1, 0.15) is 0 Å². The monoisotopic (exact) mass is 402 g/mol. The zero-order valence-electron chi connectivity index (χ0n) is 18.1. The first-order chi connectivity index (χ1) is 14.2. The van der Waals surface area contributed by atoms with E-state index in [1.54, 1.807) is 24.3 Å². The first kappa shape index (κ1) is 23.4. The summed E-state index contributed by atoms with van der Waals surface area (Å²) in [6, 6.07) is 6.59. The fourth-order valence-electron chi connectivity index (χ4n) is 3.86. The Bertz CT molecular complexity index is 587. The van der Waals surface area contributed by atoms with E-state index in [0.717, 1.165) is 25.7 Å². The Hall–Kier alpha value is -1.84. The Morgan fingerprint density at radius 2 is 1.28 bits per heavy atom. The van der Waals surface area contributed by atoms with Crippen molar-refractivity contribution in [1.82, 2.24) is 0 Å². The Kier molecular flexibility index (Phi) is 11.5. The minimum Gasteiger partial charge on any atom is -0.462 e. The Labute approximate surface area is 176 Å². The minimum absolute atomic E-state index is 0.311. The lowest BCUT2D eigenvalue weighted by molar-refractivity contribution is 0.0408. The van der Waals surface area contributed by atoms with Gasteiger partial charge in [-0.3, -0.25) is 0 Å². The largest absolute Gasteiger partial charge is 0.462 e. The summed E-state index contributed by atoms with van der Waals surface area (Å²) in [4.78, 5) is 24.3. The maximum atomic E-state index is 12.2. The fourth-order valence-corrected chi connectivity index (χ4v) is 3.86. The van der Waals surface area contributed by atoms with Crippen LogP contribution in [0.2, 0.25) is 0 Å². The van der Waals surface area contributed by atoms with Crippen LogP contribution in [0.3, 0.4) is 0 Å². The third-order valence-electron chi connectivity index (χ3n) is 5.76. The van der Waals surface area contributed by atoms with Gasteiger partial charge in [-0.1, -0.05) is 71.1 Å². The van der Waals surface area contributed by atoms with Crippen molar-refractivity contribution in [2.45, 2.75) is 90.4 Å². The van der Waals surface area contributed by atoms with Crippen molar-refractivity contribution < 1.29 is 19.1 Å². The van der Waals surface area contributed by atoms with Gasteiger partial charge < -0.3 is 9.47 Å². The molecule has 0 unspecified atom stereocenters. The highest BCUT2D eigenvalue weighted by atomic mass is 16.5. The van der Waals surface area contributed by atoms with E-state index >= 15 is 0 Å². The molecule has 1 fully saturated rings. The molecule has 1 aromatic carbocycles. The Balaban J connectivity index is 1.60. The molecular formula is C25H38O4. The molecule has 162 valence electrons. The van der Waals surface area contributed by atoms with Gasteiger partial charge in [-0.05, 0) is 49.4 Å². The van der Waals surface area contributed by atoms with Crippen molar-refractivity contribution in [3.8, 4) is 0 Å². The lowest BCUT2D eigenvalue weighted by Crippen LogP contribution is -2.17. The van der Waals surface area contributed by atoms with Crippen molar-refractivity contribution >= 4 is 11.9 Å². The fraction of sp³-hybridized carbons (Fsp3) is 0.680. The molecular weight excluding hydrogens is 364 g/mol. The summed E-state index contributed by atoms with van der Waals surface area (Å²) in [6.45, 7) is 3.19. The highest BCUT2D eigenvalue weighted by Gasteiger charge is 2.16. The van der Waals surface area contributed by atoms with Crippen LogP contribution in [-0.2, 0) is 9.47 Å². The van der Waals surface area contributed by atoms with Crippen LogP contribution in [0.15, 0.2) is 24.3 Å². The molecule has 0 atom stereocenters. The van der Waals surface area contributed by atoms with Gasteiger partial charge in [0.2, 0.25) is 0 Å². The van der Waals surface area contributed by atoms with Crippen LogP contribution < -0.4 is 0 Å². The van der Waals surface area contributed by atoms with Crippen LogP contribution in [0.4, 0.5) is 0 Å². The summed E-state index contributed by atoms with van der Waals surface area (Å²) in [5.74, 6) is -0.136. The summed E-state index contributed by atoms with van der Waals surface area (Å²) < 4.78 is 10.8. The molecule has 1 aliphatic carbocycles. The maximum Gasteiger partial charge on any atom is 0.338 e. The van der Waals surface area contributed by atoms with Crippen LogP contribution in [0.1, 0.15) is 111 Å². The van der Waals surface area contributed by atoms with Crippen molar-refractivity contribution in [1.29, 1.82) is 0 Å². The third-order valence-corrected chi connectivity index (χ3v) is 5.76. The van der Waals surface area contributed by atoms with E-state index in [0.29, 0.717) is 30.3 Å². The molecule has 1 aliphatic rings. The lowest BCUT2D eigenvalue weighted by atomic mass is 9.90. The molecule has 0 aromatic heterocycles. The van der Waals surface area contributed by atoms with Gasteiger partial charge in [-0.25, -0.2) is 9.59 Å². The summed E-state index contributed by atoms with van der Waals surface area (Å²) in [7, 11) is 0. The Morgan fingerprint density at radius 3 is 1.86 bits per heavy atom. The summed E-state index contributed by atoms with van der Waals surface area (Å²) in [6.07, 6.45) is 15.8. The van der Waals surface area contributed by atoms with Crippen LogP contribution in [0.5, 0.6) is 0 Å². The molecule has 1 saturated carbocycles.